The third-order valence-corrected chi connectivity index (χ3v) is 4.77. The van der Waals surface area contributed by atoms with E-state index in [9.17, 15) is 14.0 Å². The molecule has 140 valence electrons. The van der Waals surface area contributed by atoms with Crippen LogP contribution >= 0.6 is 0 Å². The van der Waals surface area contributed by atoms with E-state index in [4.69, 9.17) is 0 Å². The number of hydrogen-bond acceptors (Lipinski definition) is 3. The molecule has 1 unspecified atom stereocenters. The van der Waals surface area contributed by atoms with Crippen molar-refractivity contribution in [2.24, 2.45) is 0 Å². The Bertz CT molecular complexity index is 1040. The summed E-state index contributed by atoms with van der Waals surface area (Å²) in [6.45, 7) is 5.57. The number of carbonyl (C=O) groups is 1. The fourth-order valence-corrected chi connectivity index (χ4v) is 3.02. The molecule has 0 aliphatic carbocycles. The molecule has 27 heavy (non-hydrogen) atoms. The lowest BCUT2D eigenvalue weighted by molar-refractivity contribution is 0.0736. The van der Waals surface area contributed by atoms with Crippen LogP contribution in [0.5, 0.6) is 0 Å². The van der Waals surface area contributed by atoms with Crippen molar-refractivity contribution in [3.05, 3.63) is 76.0 Å². The van der Waals surface area contributed by atoms with E-state index in [1.54, 1.807) is 48.3 Å². The lowest BCUT2D eigenvalue weighted by atomic mass is 10.1. The molecular weight excluding hydrogens is 345 g/mol. The van der Waals surface area contributed by atoms with Gasteiger partial charge >= 0.3 is 0 Å². The largest absolute Gasteiger partial charge is 0.334 e. The van der Waals surface area contributed by atoms with Gasteiger partial charge in [0.25, 0.3) is 11.5 Å². The molecule has 6 heteroatoms. The number of halogens is 1. The average Bonchev–Trinajstić information content (AvgIpc) is 2.67. The summed E-state index contributed by atoms with van der Waals surface area (Å²) in [5, 5.41) is 5.36. The average molecular weight is 367 g/mol. The Hall–Kier alpha value is -3.02. The molecule has 2 aromatic carbocycles. The first kappa shape index (κ1) is 18.8. The minimum absolute atomic E-state index is 0.173. The van der Waals surface area contributed by atoms with Gasteiger partial charge in [-0.15, -0.1) is 0 Å². The van der Waals surface area contributed by atoms with Gasteiger partial charge in [0, 0.05) is 12.4 Å². The highest BCUT2D eigenvalue weighted by atomic mass is 19.1. The molecule has 0 aliphatic rings. The van der Waals surface area contributed by atoms with Crippen molar-refractivity contribution in [1.82, 2.24) is 14.7 Å². The maximum absolute atomic E-state index is 13.2. The van der Waals surface area contributed by atoms with Crippen molar-refractivity contribution in [3.8, 4) is 0 Å². The molecule has 5 nitrogen and oxygen atoms in total. The fourth-order valence-electron chi connectivity index (χ4n) is 3.02. The predicted octanol–water partition coefficient (Wildman–Crippen LogP) is 3.95. The molecule has 1 atom stereocenters. The molecular formula is C21H22FN3O2. The van der Waals surface area contributed by atoms with Gasteiger partial charge in [-0.25, -0.2) is 9.07 Å². The molecule has 0 aliphatic heterocycles. The Kier molecular flexibility index (Phi) is 5.08. The van der Waals surface area contributed by atoms with E-state index in [1.807, 2.05) is 20.8 Å². The standard InChI is InChI=1S/C21H22FN3O2/c1-13(2)25-20(26)18-8-6-5-7-17(18)19(23-25)21(27)24(4)14(3)15-9-11-16(22)12-10-15/h5-14H,1-4H3. The summed E-state index contributed by atoms with van der Waals surface area (Å²) in [6.07, 6.45) is 0. The summed E-state index contributed by atoms with van der Waals surface area (Å²) in [4.78, 5) is 27.4. The van der Waals surface area contributed by atoms with Gasteiger partial charge < -0.3 is 4.90 Å². The summed E-state index contributed by atoms with van der Waals surface area (Å²) in [6, 6.07) is 12.6. The van der Waals surface area contributed by atoms with Gasteiger partial charge in [0.15, 0.2) is 5.69 Å². The number of nitrogens with zero attached hydrogens (tertiary/aromatic N) is 3. The zero-order valence-electron chi connectivity index (χ0n) is 15.8. The SMILES string of the molecule is CC(c1ccc(F)cc1)N(C)C(=O)c1nn(C(C)C)c(=O)c2ccccc12. The summed E-state index contributed by atoms with van der Waals surface area (Å²) >= 11 is 0. The number of fused-ring (bicyclic) bond motifs is 1. The number of aromatic nitrogens is 2. The normalized spacial score (nSPS) is 12.4. The maximum Gasteiger partial charge on any atom is 0.275 e. The van der Waals surface area contributed by atoms with Crippen molar-refractivity contribution < 1.29 is 9.18 Å². The number of benzene rings is 2. The van der Waals surface area contributed by atoms with Crippen LogP contribution in [0.25, 0.3) is 10.8 Å². The molecule has 0 radical (unpaired) electrons. The van der Waals surface area contributed by atoms with Crippen LogP contribution in [0.3, 0.4) is 0 Å². The first-order valence-corrected chi connectivity index (χ1v) is 8.85. The highest BCUT2D eigenvalue weighted by molar-refractivity contribution is 6.04. The van der Waals surface area contributed by atoms with Gasteiger partial charge in [-0.3, -0.25) is 9.59 Å². The first-order chi connectivity index (χ1) is 12.8. The predicted molar refractivity (Wildman–Crippen MR) is 103 cm³/mol. The van der Waals surface area contributed by atoms with Gasteiger partial charge in [0.2, 0.25) is 0 Å². The van der Waals surface area contributed by atoms with Crippen molar-refractivity contribution in [1.29, 1.82) is 0 Å². The molecule has 0 bridgehead atoms. The van der Waals surface area contributed by atoms with E-state index in [2.05, 4.69) is 5.10 Å². The van der Waals surface area contributed by atoms with Gasteiger partial charge in [-0.05, 0) is 44.5 Å². The molecule has 0 saturated carbocycles. The quantitative estimate of drug-likeness (QED) is 0.702. The second kappa shape index (κ2) is 7.31. The minimum atomic E-state index is -0.323. The Morgan fingerprint density at radius 1 is 1.04 bits per heavy atom. The van der Waals surface area contributed by atoms with Gasteiger partial charge in [-0.2, -0.15) is 5.10 Å². The molecule has 3 rings (SSSR count). The molecule has 1 amide bonds. The van der Waals surface area contributed by atoms with Crippen molar-refractivity contribution >= 4 is 16.7 Å². The third-order valence-electron chi connectivity index (χ3n) is 4.77. The Morgan fingerprint density at radius 3 is 2.22 bits per heavy atom. The lowest BCUT2D eigenvalue weighted by Gasteiger charge is -2.26. The van der Waals surface area contributed by atoms with Crippen LogP contribution in [-0.4, -0.2) is 27.6 Å². The highest BCUT2D eigenvalue weighted by Crippen LogP contribution is 2.23. The second-order valence-corrected chi connectivity index (χ2v) is 6.88. The summed E-state index contributed by atoms with van der Waals surface area (Å²) in [5.74, 6) is -0.617. The summed E-state index contributed by atoms with van der Waals surface area (Å²) in [7, 11) is 1.68. The Balaban J connectivity index is 2.08. The van der Waals surface area contributed by atoms with Crippen LogP contribution in [0.4, 0.5) is 4.39 Å². The molecule has 0 saturated heterocycles. The van der Waals surface area contributed by atoms with E-state index < -0.39 is 0 Å². The molecule has 1 aromatic heterocycles. The number of amides is 1. The van der Waals surface area contributed by atoms with E-state index in [0.29, 0.717) is 10.8 Å². The van der Waals surface area contributed by atoms with Crippen molar-refractivity contribution in [2.75, 3.05) is 7.05 Å². The number of hydrogen-bond donors (Lipinski definition) is 0. The van der Waals surface area contributed by atoms with Crippen LogP contribution in [0, 0.1) is 5.82 Å². The Morgan fingerprint density at radius 2 is 1.63 bits per heavy atom. The zero-order chi connectivity index (χ0) is 19.7. The topological polar surface area (TPSA) is 55.2 Å². The first-order valence-electron chi connectivity index (χ1n) is 8.85. The van der Waals surface area contributed by atoms with Crippen LogP contribution in [0.15, 0.2) is 53.3 Å². The van der Waals surface area contributed by atoms with Gasteiger partial charge in [0.05, 0.1) is 17.5 Å². The van der Waals surface area contributed by atoms with Crippen LogP contribution in [0.2, 0.25) is 0 Å². The van der Waals surface area contributed by atoms with Gasteiger partial charge in [0.1, 0.15) is 5.82 Å². The molecule has 1 heterocycles. The smallest absolute Gasteiger partial charge is 0.275 e. The monoisotopic (exact) mass is 367 g/mol. The van der Waals surface area contributed by atoms with Crippen LogP contribution in [-0.2, 0) is 0 Å². The second-order valence-electron chi connectivity index (χ2n) is 6.88. The van der Waals surface area contributed by atoms with Crippen molar-refractivity contribution in [3.63, 3.8) is 0 Å². The highest BCUT2D eigenvalue weighted by Gasteiger charge is 2.24. The van der Waals surface area contributed by atoms with Gasteiger partial charge in [-0.1, -0.05) is 30.3 Å². The van der Waals surface area contributed by atoms with Crippen LogP contribution in [0.1, 0.15) is 48.9 Å². The van der Waals surface area contributed by atoms with Crippen molar-refractivity contribution in [2.45, 2.75) is 32.9 Å². The maximum atomic E-state index is 13.2. The summed E-state index contributed by atoms with van der Waals surface area (Å²) in [5.41, 5.74) is 0.829. The third kappa shape index (κ3) is 3.47. The number of carbonyl (C=O) groups excluding carboxylic acids is 1. The summed E-state index contributed by atoms with van der Waals surface area (Å²) < 4.78 is 14.5. The lowest BCUT2D eigenvalue weighted by Crippen LogP contribution is -2.34. The zero-order valence-corrected chi connectivity index (χ0v) is 15.8. The van der Waals surface area contributed by atoms with E-state index in [0.717, 1.165) is 5.56 Å². The molecule has 0 spiro atoms. The van der Waals surface area contributed by atoms with E-state index in [-0.39, 0.29) is 35.1 Å². The molecule has 0 N–H and O–H groups in total. The Labute approximate surface area is 157 Å². The minimum Gasteiger partial charge on any atom is -0.334 e. The van der Waals surface area contributed by atoms with E-state index in [1.165, 1.54) is 16.8 Å². The fraction of sp³-hybridized carbons (Fsp3) is 0.286. The molecule has 3 aromatic rings. The number of rotatable bonds is 4. The molecule has 0 fully saturated rings. The van der Waals surface area contributed by atoms with E-state index >= 15 is 0 Å². The van der Waals surface area contributed by atoms with Crippen LogP contribution < -0.4 is 5.56 Å².